The average Bonchev–Trinajstić information content (AvgIpc) is 2.32. The molecule has 0 fully saturated rings. The molecule has 0 atom stereocenters. The number of hydrogen-bond donors (Lipinski definition) is 2. The lowest BCUT2D eigenvalue weighted by Crippen LogP contribution is -2.01. The number of ether oxygens (including phenoxy) is 2. The predicted molar refractivity (Wildman–Crippen MR) is 60.8 cm³/mol. The maximum absolute atomic E-state index is 8.59. The third kappa shape index (κ3) is 5.00. The first-order chi connectivity index (χ1) is 7.86. The van der Waals surface area contributed by atoms with E-state index in [1.807, 2.05) is 24.3 Å². The van der Waals surface area contributed by atoms with E-state index >= 15 is 0 Å². The molecule has 0 bridgehead atoms. The monoisotopic (exact) mass is 226 g/mol. The van der Waals surface area contributed by atoms with Crippen LogP contribution in [0.5, 0.6) is 11.5 Å². The van der Waals surface area contributed by atoms with Crippen molar-refractivity contribution in [1.29, 1.82) is 0 Å². The van der Waals surface area contributed by atoms with Gasteiger partial charge < -0.3 is 19.7 Å². The van der Waals surface area contributed by atoms with Crippen molar-refractivity contribution >= 4 is 0 Å². The molecule has 1 aromatic rings. The molecule has 0 saturated carbocycles. The van der Waals surface area contributed by atoms with Gasteiger partial charge in [-0.05, 0) is 24.3 Å². The quantitative estimate of drug-likeness (QED) is 0.654. The minimum atomic E-state index is 0.141. The smallest absolute Gasteiger partial charge is 0.119 e. The van der Waals surface area contributed by atoms with Gasteiger partial charge in [0.25, 0.3) is 0 Å². The summed E-state index contributed by atoms with van der Waals surface area (Å²) in [5, 5.41) is 17.2. The van der Waals surface area contributed by atoms with Gasteiger partial charge in [0.05, 0.1) is 13.2 Å². The highest BCUT2D eigenvalue weighted by Crippen LogP contribution is 2.17. The van der Waals surface area contributed by atoms with Crippen LogP contribution in [0.3, 0.4) is 0 Å². The first-order valence-corrected chi connectivity index (χ1v) is 5.44. The zero-order valence-electron chi connectivity index (χ0n) is 9.26. The van der Waals surface area contributed by atoms with Crippen LogP contribution in [-0.2, 0) is 0 Å². The summed E-state index contributed by atoms with van der Waals surface area (Å²) >= 11 is 0. The molecule has 16 heavy (non-hydrogen) atoms. The van der Waals surface area contributed by atoms with E-state index in [2.05, 4.69) is 0 Å². The van der Waals surface area contributed by atoms with Gasteiger partial charge in [-0.25, -0.2) is 0 Å². The highest BCUT2D eigenvalue weighted by molar-refractivity contribution is 5.31. The first kappa shape index (κ1) is 12.8. The molecule has 0 amide bonds. The Bertz CT molecular complexity index is 242. The van der Waals surface area contributed by atoms with Crippen LogP contribution in [0.1, 0.15) is 12.8 Å². The van der Waals surface area contributed by atoms with Crippen molar-refractivity contribution in [3.8, 4) is 11.5 Å². The van der Waals surface area contributed by atoms with E-state index in [4.69, 9.17) is 19.7 Å². The van der Waals surface area contributed by atoms with Crippen LogP contribution in [0.15, 0.2) is 24.3 Å². The van der Waals surface area contributed by atoms with Gasteiger partial charge in [-0.3, -0.25) is 0 Å². The fourth-order valence-electron chi connectivity index (χ4n) is 1.14. The van der Waals surface area contributed by atoms with E-state index in [0.29, 0.717) is 26.1 Å². The van der Waals surface area contributed by atoms with Crippen LogP contribution in [0.25, 0.3) is 0 Å². The standard InChI is InChI=1S/C12H18O4/c13-7-1-9-15-11-3-5-12(6-4-11)16-10-2-8-14/h3-6,13-14H,1-2,7-10H2. The minimum Gasteiger partial charge on any atom is -0.494 e. The predicted octanol–water partition coefficient (Wildman–Crippen LogP) is 1.21. The number of hydrogen-bond acceptors (Lipinski definition) is 4. The van der Waals surface area contributed by atoms with Gasteiger partial charge >= 0.3 is 0 Å². The van der Waals surface area contributed by atoms with Gasteiger partial charge in [0.2, 0.25) is 0 Å². The third-order valence-corrected chi connectivity index (χ3v) is 1.97. The van der Waals surface area contributed by atoms with E-state index in [1.165, 1.54) is 0 Å². The Balaban J connectivity index is 2.30. The third-order valence-electron chi connectivity index (χ3n) is 1.97. The lowest BCUT2D eigenvalue weighted by molar-refractivity contribution is 0.230. The summed E-state index contributed by atoms with van der Waals surface area (Å²) in [6, 6.07) is 7.30. The van der Waals surface area contributed by atoms with E-state index < -0.39 is 0 Å². The number of aliphatic hydroxyl groups is 2. The number of rotatable bonds is 8. The average molecular weight is 226 g/mol. The van der Waals surface area contributed by atoms with E-state index in [-0.39, 0.29) is 13.2 Å². The summed E-state index contributed by atoms with van der Waals surface area (Å²) in [4.78, 5) is 0. The summed E-state index contributed by atoms with van der Waals surface area (Å²) < 4.78 is 10.7. The Morgan fingerprint density at radius 3 is 1.44 bits per heavy atom. The maximum Gasteiger partial charge on any atom is 0.119 e. The van der Waals surface area contributed by atoms with Crippen molar-refractivity contribution in [2.24, 2.45) is 0 Å². The maximum atomic E-state index is 8.59. The van der Waals surface area contributed by atoms with E-state index in [9.17, 15) is 0 Å². The largest absolute Gasteiger partial charge is 0.494 e. The molecule has 0 aromatic heterocycles. The van der Waals surface area contributed by atoms with Crippen LogP contribution in [-0.4, -0.2) is 36.6 Å². The van der Waals surface area contributed by atoms with Crippen molar-refractivity contribution < 1.29 is 19.7 Å². The molecule has 0 aliphatic rings. The Kier molecular flexibility index (Phi) is 6.37. The molecule has 0 heterocycles. The molecule has 90 valence electrons. The zero-order valence-corrected chi connectivity index (χ0v) is 9.26. The second kappa shape index (κ2) is 7.96. The number of aliphatic hydroxyl groups excluding tert-OH is 2. The Hall–Kier alpha value is -1.26. The Morgan fingerprint density at radius 1 is 0.750 bits per heavy atom. The molecule has 2 N–H and O–H groups in total. The topological polar surface area (TPSA) is 58.9 Å². The second-order valence-electron chi connectivity index (χ2n) is 3.32. The highest BCUT2D eigenvalue weighted by atomic mass is 16.5. The molecule has 0 aliphatic heterocycles. The van der Waals surface area contributed by atoms with Crippen molar-refractivity contribution in [3.05, 3.63) is 24.3 Å². The summed E-state index contributed by atoms with van der Waals surface area (Å²) in [5.41, 5.74) is 0. The molecular formula is C12H18O4. The van der Waals surface area contributed by atoms with Crippen LogP contribution >= 0.6 is 0 Å². The molecule has 0 aliphatic carbocycles. The van der Waals surface area contributed by atoms with Crippen molar-refractivity contribution in [3.63, 3.8) is 0 Å². The van der Waals surface area contributed by atoms with E-state index in [1.54, 1.807) is 0 Å². The second-order valence-corrected chi connectivity index (χ2v) is 3.32. The molecule has 0 radical (unpaired) electrons. The SMILES string of the molecule is OCCCOc1ccc(OCCCO)cc1. The lowest BCUT2D eigenvalue weighted by atomic mass is 10.3. The summed E-state index contributed by atoms with van der Waals surface area (Å²) in [6.07, 6.45) is 1.27. The minimum absolute atomic E-state index is 0.141. The molecule has 0 unspecified atom stereocenters. The van der Waals surface area contributed by atoms with Gasteiger partial charge in [-0.2, -0.15) is 0 Å². The first-order valence-electron chi connectivity index (χ1n) is 5.44. The molecule has 4 heteroatoms. The normalized spacial score (nSPS) is 10.1. The van der Waals surface area contributed by atoms with E-state index in [0.717, 1.165) is 11.5 Å². The summed E-state index contributed by atoms with van der Waals surface area (Å²) in [5.74, 6) is 1.53. The van der Waals surface area contributed by atoms with Crippen molar-refractivity contribution in [1.82, 2.24) is 0 Å². The summed E-state index contributed by atoms with van der Waals surface area (Å²) in [6.45, 7) is 1.31. The summed E-state index contributed by atoms with van der Waals surface area (Å²) in [7, 11) is 0. The number of benzene rings is 1. The van der Waals surface area contributed by atoms with Crippen molar-refractivity contribution in [2.45, 2.75) is 12.8 Å². The van der Waals surface area contributed by atoms with Crippen LogP contribution in [0.4, 0.5) is 0 Å². The molecule has 0 spiro atoms. The van der Waals surface area contributed by atoms with Gasteiger partial charge in [0.15, 0.2) is 0 Å². The molecular weight excluding hydrogens is 208 g/mol. The lowest BCUT2D eigenvalue weighted by Gasteiger charge is -2.07. The van der Waals surface area contributed by atoms with Crippen LogP contribution in [0, 0.1) is 0 Å². The highest BCUT2D eigenvalue weighted by Gasteiger charge is 1.96. The molecule has 1 aromatic carbocycles. The Morgan fingerprint density at radius 2 is 1.12 bits per heavy atom. The van der Waals surface area contributed by atoms with Crippen molar-refractivity contribution in [2.75, 3.05) is 26.4 Å². The van der Waals surface area contributed by atoms with Gasteiger partial charge in [-0.1, -0.05) is 0 Å². The van der Waals surface area contributed by atoms with Gasteiger partial charge in [0.1, 0.15) is 11.5 Å². The molecule has 1 rings (SSSR count). The fourth-order valence-corrected chi connectivity index (χ4v) is 1.14. The van der Waals surface area contributed by atoms with Gasteiger partial charge in [0, 0.05) is 26.1 Å². The Labute approximate surface area is 95.4 Å². The van der Waals surface area contributed by atoms with Gasteiger partial charge in [-0.15, -0.1) is 0 Å². The zero-order chi connectivity index (χ0) is 11.6. The van der Waals surface area contributed by atoms with Crippen LogP contribution in [0.2, 0.25) is 0 Å². The fraction of sp³-hybridized carbons (Fsp3) is 0.500. The van der Waals surface area contributed by atoms with Crippen LogP contribution < -0.4 is 9.47 Å². The molecule has 4 nitrogen and oxygen atoms in total. The molecule has 0 saturated heterocycles.